The molecule has 1 aromatic rings. The maximum absolute atomic E-state index is 12.4. The highest BCUT2D eigenvalue weighted by atomic mass is 16.6. The Bertz CT molecular complexity index is 460. The summed E-state index contributed by atoms with van der Waals surface area (Å²) in [5.41, 5.74) is 6.72. The number of likely N-dealkylation sites (N-methyl/N-ethyl adjacent to an activating group) is 1. The first-order valence-corrected chi connectivity index (χ1v) is 7.86. The summed E-state index contributed by atoms with van der Waals surface area (Å²) in [6.45, 7) is 6.83. The number of anilines is 1. The fraction of sp³-hybridized carbons (Fsp3) is 0.588. The monoisotopic (exact) mass is 324 g/mol. The van der Waals surface area contributed by atoms with Crippen molar-refractivity contribution >= 4 is 11.7 Å². The van der Waals surface area contributed by atoms with Crippen LogP contribution >= 0.6 is 0 Å². The summed E-state index contributed by atoms with van der Waals surface area (Å²) >= 11 is 0. The molecular weight excluding hydrogens is 296 g/mol. The first-order valence-electron chi connectivity index (χ1n) is 7.86. The lowest BCUT2D eigenvalue weighted by Crippen LogP contribution is -2.44. The molecule has 130 valence electrons. The lowest BCUT2D eigenvalue weighted by Gasteiger charge is -2.30. The highest BCUT2D eigenvalue weighted by Gasteiger charge is 2.27. The van der Waals surface area contributed by atoms with E-state index >= 15 is 0 Å². The van der Waals surface area contributed by atoms with Gasteiger partial charge in [0.05, 0.1) is 12.2 Å². The molecule has 0 saturated carbocycles. The van der Waals surface area contributed by atoms with E-state index in [4.69, 9.17) is 19.9 Å². The van der Waals surface area contributed by atoms with Crippen molar-refractivity contribution in [2.75, 3.05) is 46.2 Å². The summed E-state index contributed by atoms with van der Waals surface area (Å²) in [4.78, 5) is 14.6. The molecule has 2 N–H and O–H groups in total. The Morgan fingerprint density at radius 3 is 2.22 bits per heavy atom. The normalized spacial score (nSPS) is 13.8. The van der Waals surface area contributed by atoms with Gasteiger partial charge in [-0.2, -0.15) is 0 Å². The number of hydrogen-bond donors (Lipinski definition) is 1. The van der Waals surface area contributed by atoms with Gasteiger partial charge in [0.15, 0.2) is 0 Å². The molecule has 0 radical (unpaired) electrons. The summed E-state index contributed by atoms with van der Waals surface area (Å²) in [7, 11) is 3.19. The minimum absolute atomic E-state index is 0.321. The van der Waals surface area contributed by atoms with Gasteiger partial charge in [-0.15, -0.1) is 0 Å². The van der Waals surface area contributed by atoms with Gasteiger partial charge < -0.3 is 24.8 Å². The Balaban J connectivity index is 2.85. The van der Waals surface area contributed by atoms with Gasteiger partial charge in [-0.1, -0.05) is 13.8 Å². The number of rotatable bonds is 10. The molecule has 0 fully saturated rings. The van der Waals surface area contributed by atoms with Crippen molar-refractivity contribution in [2.24, 2.45) is 0 Å². The summed E-state index contributed by atoms with van der Waals surface area (Å²) in [5, 5.41) is 0. The Morgan fingerprint density at radius 2 is 1.74 bits per heavy atom. The molecule has 0 aliphatic heterocycles. The number of carbonyl (C=O) groups excluding carboxylic acids is 1. The van der Waals surface area contributed by atoms with Crippen molar-refractivity contribution in [3.8, 4) is 0 Å². The van der Waals surface area contributed by atoms with Gasteiger partial charge in [-0.05, 0) is 37.4 Å². The molecule has 0 bridgehead atoms. The standard InChI is InChI=1S/C17H28N2O4/c1-5-19(6-2)11-15(16(22-4)12-21-3)23-17(20)13-7-9-14(18)10-8-13/h7-10,15-16H,5-6,11-12,18H2,1-4H3/t15-,16+/m0/s1. The van der Waals surface area contributed by atoms with E-state index in [1.54, 1.807) is 38.5 Å². The van der Waals surface area contributed by atoms with Crippen molar-refractivity contribution in [1.82, 2.24) is 4.90 Å². The highest BCUT2D eigenvalue weighted by Crippen LogP contribution is 2.13. The highest BCUT2D eigenvalue weighted by molar-refractivity contribution is 5.89. The average molecular weight is 324 g/mol. The Morgan fingerprint density at radius 1 is 1.13 bits per heavy atom. The van der Waals surface area contributed by atoms with E-state index in [0.29, 0.717) is 24.4 Å². The second-order valence-electron chi connectivity index (χ2n) is 5.28. The van der Waals surface area contributed by atoms with Crippen LogP contribution in [0.5, 0.6) is 0 Å². The molecule has 0 saturated heterocycles. The van der Waals surface area contributed by atoms with Crippen molar-refractivity contribution in [1.29, 1.82) is 0 Å². The first-order chi connectivity index (χ1) is 11.0. The van der Waals surface area contributed by atoms with Crippen molar-refractivity contribution < 1.29 is 19.0 Å². The third kappa shape index (κ3) is 6.17. The third-order valence-corrected chi connectivity index (χ3v) is 3.79. The fourth-order valence-corrected chi connectivity index (χ4v) is 2.28. The molecule has 0 amide bonds. The SMILES string of the molecule is CCN(CC)C[C@H](OC(=O)c1ccc(N)cc1)[C@@H](COC)OC. The van der Waals surface area contributed by atoms with Crippen LogP contribution in [0.3, 0.4) is 0 Å². The second kappa shape index (κ2) is 10.2. The molecule has 0 aliphatic rings. The first kappa shape index (κ1) is 19.4. The molecule has 1 aromatic carbocycles. The van der Waals surface area contributed by atoms with Crippen LogP contribution in [-0.2, 0) is 14.2 Å². The molecule has 23 heavy (non-hydrogen) atoms. The molecule has 1 rings (SSSR count). The van der Waals surface area contributed by atoms with E-state index in [1.165, 1.54) is 0 Å². The quantitative estimate of drug-likeness (QED) is 0.522. The topological polar surface area (TPSA) is 74.0 Å². The molecule has 6 heteroatoms. The lowest BCUT2D eigenvalue weighted by molar-refractivity contribution is -0.0719. The van der Waals surface area contributed by atoms with Gasteiger partial charge in [-0.3, -0.25) is 0 Å². The van der Waals surface area contributed by atoms with Gasteiger partial charge in [0.1, 0.15) is 12.2 Å². The predicted molar refractivity (Wildman–Crippen MR) is 90.5 cm³/mol. The number of hydrogen-bond acceptors (Lipinski definition) is 6. The molecule has 0 aliphatic carbocycles. The molecule has 0 aromatic heterocycles. The van der Waals surface area contributed by atoms with Crippen LogP contribution in [0.2, 0.25) is 0 Å². The average Bonchev–Trinajstić information content (AvgIpc) is 2.57. The number of ether oxygens (including phenoxy) is 3. The molecule has 6 nitrogen and oxygen atoms in total. The van der Waals surface area contributed by atoms with E-state index in [9.17, 15) is 4.79 Å². The van der Waals surface area contributed by atoms with Gasteiger partial charge in [0, 0.05) is 26.5 Å². The number of nitrogen functional groups attached to an aromatic ring is 1. The van der Waals surface area contributed by atoms with Crippen LogP contribution in [0.25, 0.3) is 0 Å². The third-order valence-electron chi connectivity index (χ3n) is 3.79. The second-order valence-corrected chi connectivity index (χ2v) is 5.28. The maximum Gasteiger partial charge on any atom is 0.338 e. The van der Waals surface area contributed by atoms with E-state index in [1.807, 2.05) is 0 Å². The minimum atomic E-state index is -0.412. The number of esters is 1. The largest absolute Gasteiger partial charge is 0.455 e. The van der Waals surface area contributed by atoms with Crippen LogP contribution in [0.4, 0.5) is 5.69 Å². The Labute approximate surface area is 138 Å². The zero-order chi connectivity index (χ0) is 17.2. The number of nitrogens with zero attached hydrogens (tertiary/aromatic N) is 1. The zero-order valence-electron chi connectivity index (χ0n) is 14.5. The smallest absolute Gasteiger partial charge is 0.338 e. The molecular formula is C17H28N2O4. The predicted octanol–water partition coefficient (Wildman–Crippen LogP) is 1.80. The summed E-state index contributed by atoms with van der Waals surface area (Å²) in [5.74, 6) is -0.389. The number of carbonyl (C=O) groups is 1. The van der Waals surface area contributed by atoms with Crippen molar-refractivity contribution in [2.45, 2.75) is 26.1 Å². The van der Waals surface area contributed by atoms with Crippen LogP contribution in [-0.4, -0.2) is 63.5 Å². The molecule has 2 atom stereocenters. The van der Waals surface area contributed by atoms with Gasteiger partial charge in [-0.25, -0.2) is 4.79 Å². The molecule has 0 spiro atoms. The van der Waals surface area contributed by atoms with Crippen molar-refractivity contribution in [3.05, 3.63) is 29.8 Å². The van der Waals surface area contributed by atoms with Gasteiger partial charge in [0.2, 0.25) is 0 Å². The van der Waals surface area contributed by atoms with Gasteiger partial charge in [0.25, 0.3) is 0 Å². The van der Waals surface area contributed by atoms with E-state index in [2.05, 4.69) is 18.7 Å². The van der Waals surface area contributed by atoms with E-state index < -0.39 is 6.10 Å². The van der Waals surface area contributed by atoms with Gasteiger partial charge >= 0.3 is 5.97 Å². The van der Waals surface area contributed by atoms with Crippen molar-refractivity contribution in [3.63, 3.8) is 0 Å². The Hall–Kier alpha value is -1.63. The van der Waals surface area contributed by atoms with Crippen LogP contribution in [0.1, 0.15) is 24.2 Å². The minimum Gasteiger partial charge on any atom is -0.455 e. The summed E-state index contributed by atoms with van der Waals surface area (Å²) in [6.07, 6.45) is -0.733. The van der Waals surface area contributed by atoms with Crippen LogP contribution in [0, 0.1) is 0 Å². The van der Waals surface area contributed by atoms with Crippen LogP contribution < -0.4 is 5.73 Å². The molecule has 0 unspecified atom stereocenters. The number of nitrogens with two attached hydrogens (primary N) is 1. The molecule has 0 heterocycles. The Kier molecular flexibility index (Phi) is 8.61. The summed E-state index contributed by atoms with van der Waals surface area (Å²) < 4.78 is 16.3. The van der Waals surface area contributed by atoms with E-state index in [0.717, 1.165) is 13.1 Å². The van der Waals surface area contributed by atoms with E-state index in [-0.39, 0.29) is 12.1 Å². The lowest BCUT2D eigenvalue weighted by atomic mass is 10.1. The zero-order valence-corrected chi connectivity index (χ0v) is 14.5. The number of benzene rings is 1. The number of methoxy groups -OCH3 is 2. The maximum atomic E-state index is 12.4. The van der Waals surface area contributed by atoms with Crippen LogP contribution in [0.15, 0.2) is 24.3 Å². The summed E-state index contributed by atoms with van der Waals surface area (Å²) in [6, 6.07) is 6.67. The fourth-order valence-electron chi connectivity index (χ4n) is 2.28.